The Bertz CT molecular complexity index is 153. The van der Waals surface area contributed by atoms with Crippen molar-refractivity contribution in [1.82, 2.24) is 9.96 Å². The first-order valence-corrected chi connectivity index (χ1v) is 4.38. The van der Waals surface area contributed by atoms with Crippen molar-refractivity contribution in [1.29, 1.82) is 0 Å². The molecule has 12 heavy (non-hydrogen) atoms. The zero-order chi connectivity index (χ0) is 8.97. The van der Waals surface area contributed by atoms with E-state index >= 15 is 0 Å². The van der Waals surface area contributed by atoms with E-state index in [1.54, 1.807) is 5.06 Å². The molecule has 0 bridgehead atoms. The first kappa shape index (κ1) is 9.48. The molecule has 1 saturated heterocycles. The Morgan fingerprint density at radius 1 is 1.33 bits per heavy atom. The highest BCUT2D eigenvalue weighted by Gasteiger charge is 2.16. The normalized spacial score (nSPS) is 20.8. The van der Waals surface area contributed by atoms with Crippen LogP contribution in [0.25, 0.3) is 0 Å². The third-order valence-electron chi connectivity index (χ3n) is 2.04. The van der Waals surface area contributed by atoms with Crippen molar-refractivity contribution in [3.63, 3.8) is 0 Å². The van der Waals surface area contributed by atoms with E-state index in [2.05, 4.69) is 11.8 Å². The minimum absolute atomic E-state index is 0.222. The van der Waals surface area contributed by atoms with Crippen molar-refractivity contribution in [3.05, 3.63) is 0 Å². The number of hydrogen-bond donors (Lipinski definition) is 0. The maximum absolute atomic E-state index is 10.6. The van der Waals surface area contributed by atoms with E-state index in [4.69, 9.17) is 4.84 Å². The molecule has 4 nitrogen and oxygen atoms in total. The molecule has 0 aromatic heterocycles. The number of carbonyl (C=O) groups is 1. The summed E-state index contributed by atoms with van der Waals surface area (Å²) in [5.74, 6) is -0.222. The first-order valence-electron chi connectivity index (χ1n) is 4.38. The van der Waals surface area contributed by atoms with Gasteiger partial charge in [-0.1, -0.05) is 6.92 Å². The van der Waals surface area contributed by atoms with Gasteiger partial charge in [0.15, 0.2) is 0 Å². The third-order valence-corrected chi connectivity index (χ3v) is 2.04. The molecule has 1 aliphatic rings. The molecule has 0 spiro atoms. The lowest BCUT2D eigenvalue weighted by atomic mass is 10.4. The van der Waals surface area contributed by atoms with Crippen LogP contribution in [0.15, 0.2) is 0 Å². The summed E-state index contributed by atoms with van der Waals surface area (Å²) in [5.41, 5.74) is 0. The van der Waals surface area contributed by atoms with Gasteiger partial charge in [0.25, 0.3) is 0 Å². The van der Waals surface area contributed by atoms with E-state index in [9.17, 15) is 4.79 Å². The second-order valence-electron chi connectivity index (χ2n) is 2.95. The molecule has 1 aliphatic heterocycles. The summed E-state index contributed by atoms with van der Waals surface area (Å²) in [6.07, 6.45) is 0. The Labute approximate surface area is 73.0 Å². The highest BCUT2D eigenvalue weighted by Crippen LogP contribution is 2.01. The lowest BCUT2D eigenvalue weighted by Gasteiger charge is -2.32. The molecule has 0 N–H and O–H groups in total. The number of hydrogen-bond acceptors (Lipinski definition) is 4. The highest BCUT2D eigenvalue weighted by molar-refractivity contribution is 5.65. The molecular weight excluding hydrogens is 156 g/mol. The molecule has 1 heterocycles. The van der Waals surface area contributed by atoms with Gasteiger partial charge in [-0.05, 0) is 6.54 Å². The molecule has 0 amide bonds. The van der Waals surface area contributed by atoms with Gasteiger partial charge >= 0.3 is 5.97 Å². The Morgan fingerprint density at radius 3 is 2.33 bits per heavy atom. The Kier molecular flexibility index (Phi) is 3.49. The van der Waals surface area contributed by atoms with Gasteiger partial charge in [-0.15, -0.1) is 5.06 Å². The average Bonchev–Trinajstić information content (AvgIpc) is 2.05. The zero-order valence-corrected chi connectivity index (χ0v) is 7.75. The highest BCUT2D eigenvalue weighted by atomic mass is 16.7. The third kappa shape index (κ3) is 2.79. The molecule has 70 valence electrons. The molecule has 4 heteroatoms. The van der Waals surface area contributed by atoms with E-state index in [1.807, 2.05) is 0 Å². The number of carbonyl (C=O) groups excluding carboxylic acids is 1. The van der Waals surface area contributed by atoms with Crippen molar-refractivity contribution in [3.8, 4) is 0 Å². The number of nitrogens with zero attached hydrogens (tertiary/aromatic N) is 2. The minimum Gasteiger partial charge on any atom is -0.368 e. The largest absolute Gasteiger partial charge is 0.368 e. The number of piperazine rings is 1. The molecule has 0 aromatic carbocycles. The van der Waals surface area contributed by atoms with Gasteiger partial charge in [-0.25, -0.2) is 0 Å². The quantitative estimate of drug-likeness (QED) is 0.591. The molecule has 0 radical (unpaired) electrons. The summed E-state index contributed by atoms with van der Waals surface area (Å²) in [6.45, 7) is 8.29. The summed E-state index contributed by atoms with van der Waals surface area (Å²) in [5, 5.41) is 1.73. The second-order valence-corrected chi connectivity index (χ2v) is 2.95. The first-order chi connectivity index (χ1) is 5.72. The van der Waals surface area contributed by atoms with Gasteiger partial charge < -0.3 is 9.74 Å². The van der Waals surface area contributed by atoms with E-state index in [0.717, 1.165) is 32.7 Å². The van der Waals surface area contributed by atoms with Crippen LogP contribution in [0, 0.1) is 0 Å². The maximum Gasteiger partial charge on any atom is 0.322 e. The van der Waals surface area contributed by atoms with E-state index in [0.29, 0.717) is 0 Å². The van der Waals surface area contributed by atoms with Crippen LogP contribution in [0.4, 0.5) is 0 Å². The summed E-state index contributed by atoms with van der Waals surface area (Å²) < 4.78 is 0. The molecule has 1 rings (SSSR count). The number of rotatable bonds is 2. The summed E-state index contributed by atoms with van der Waals surface area (Å²) in [7, 11) is 0. The van der Waals surface area contributed by atoms with Gasteiger partial charge in [0, 0.05) is 33.1 Å². The van der Waals surface area contributed by atoms with Crippen LogP contribution in [-0.2, 0) is 9.63 Å². The average molecular weight is 172 g/mol. The standard InChI is InChI=1S/C8H16N2O2/c1-3-9-4-6-10(7-5-9)12-8(2)11/h3-7H2,1-2H3. The van der Waals surface area contributed by atoms with E-state index in [1.165, 1.54) is 6.92 Å². The van der Waals surface area contributed by atoms with E-state index < -0.39 is 0 Å². The SMILES string of the molecule is CCN1CCN(OC(C)=O)CC1. The van der Waals surface area contributed by atoms with Crippen molar-refractivity contribution >= 4 is 5.97 Å². The molecule has 0 unspecified atom stereocenters. The molecular formula is C8H16N2O2. The maximum atomic E-state index is 10.6. The van der Waals surface area contributed by atoms with Crippen LogP contribution in [0.1, 0.15) is 13.8 Å². The van der Waals surface area contributed by atoms with Crippen LogP contribution >= 0.6 is 0 Å². The van der Waals surface area contributed by atoms with Crippen LogP contribution in [0.5, 0.6) is 0 Å². The van der Waals surface area contributed by atoms with Gasteiger partial charge in [0.1, 0.15) is 0 Å². The predicted molar refractivity (Wildman–Crippen MR) is 45.5 cm³/mol. The van der Waals surface area contributed by atoms with Gasteiger partial charge in [0.05, 0.1) is 0 Å². The van der Waals surface area contributed by atoms with Gasteiger partial charge in [0.2, 0.25) is 0 Å². The van der Waals surface area contributed by atoms with Crippen LogP contribution in [0.3, 0.4) is 0 Å². The smallest absolute Gasteiger partial charge is 0.322 e. The molecule has 1 fully saturated rings. The molecule has 0 aliphatic carbocycles. The fraction of sp³-hybridized carbons (Fsp3) is 0.875. The summed E-state index contributed by atoms with van der Waals surface area (Å²) >= 11 is 0. The van der Waals surface area contributed by atoms with Crippen LogP contribution < -0.4 is 0 Å². The predicted octanol–water partition coefficient (Wildman–Crippen LogP) is 0.102. The van der Waals surface area contributed by atoms with Crippen molar-refractivity contribution in [2.24, 2.45) is 0 Å². The lowest BCUT2D eigenvalue weighted by Crippen LogP contribution is -2.46. The Morgan fingerprint density at radius 2 is 1.92 bits per heavy atom. The summed E-state index contributed by atoms with van der Waals surface area (Å²) in [4.78, 5) is 17.9. The zero-order valence-electron chi connectivity index (χ0n) is 7.75. The molecule has 0 aromatic rings. The minimum atomic E-state index is -0.222. The molecule has 0 atom stereocenters. The number of hydroxylamine groups is 2. The number of likely N-dealkylation sites (N-methyl/N-ethyl adjacent to an activating group) is 1. The van der Waals surface area contributed by atoms with E-state index in [-0.39, 0.29) is 5.97 Å². The Balaban J connectivity index is 2.21. The second kappa shape index (κ2) is 4.42. The van der Waals surface area contributed by atoms with Crippen molar-refractivity contribution in [2.75, 3.05) is 32.7 Å². The van der Waals surface area contributed by atoms with Crippen molar-refractivity contribution < 1.29 is 9.63 Å². The summed E-state index contributed by atoms with van der Waals surface area (Å²) in [6, 6.07) is 0. The van der Waals surface area contributed by atoms with Crippen LogP contribution in [-0.4, -0.2) is 48.7 Å². The molecule has 0 saturated carbocycles. The van der Waals surface area contributed by atoms with Crippen LogP contribution in [0.2, 0.25) is 0 Å². The van der Waals surface area contributed by atoms with Crippen molar-refractivity contribution in [2.45, 2.75) is 13.8 Å². The van der Waals surface area contributed by atoms with Gasteiger partial charge in [-0.2, -0.15) is 0 Å². The van der Waals surface area contributed by atoms with Gasteiger partial charge in [-0.3, -0.25) is 4.79 Å². The monoisotopic (exact) mass is 172 g/mol. The fourth-order valence-electron chi connectivity index (χ4n) is 1.32. The Hall–Kier alpha value is -0.610. The lowest BCUT2D eigenvalue weighted by molar-refractivity contribution is -0.194. The fourth-order valence-corrected chi connectivity index (χ4v) is 1.32. The topological polar surface area (TPSA) is 32.8 Å².